The molecule has 1 aliphatic heterocycles. The molecular weight excluding hydrogens is 314 g/mol. The average Bonchev–Trinajstić information content (AvgIpc) is 2.91. The van der Waals surface area contributed by atoms with Gasteiger partial charge in [-0.2, -0.15) is 0 Å². The third kappa shape index (κ3) is 4.94. The van der Waals surface area contributed by atoms with Crippen LogP contribution in [0.5, 0.6) is 0 Å². The third-order valence-electron chi connectivity index (χ3n) is 4.06. The number of nitrogens with two attached hydrogens (primary N) is 1. The summed E-state index contributed by atoms with van der Waals surface area (Å²) in [6.07, 6.45) is 3.08. The maximum Gasteiger partial charge on any atom is 0.240 e. The summed E-state index contributed by atoms with van der Waals surface area (Å²) in [5, 5.41) is 2.88. The Balaban J connectivity index is 0.00000264. The lowest BCUT2D eigenvalue weighted by molar-refractivity contribution is -0.126. The Morgan fingerprint density at radius 3 is 2.52 bits per heavy atom. The Labute approximate surface area is 144 Å². The van der Waals surface area contributed by atoms with Crippen molar-refractivity contribution in [1.82, 2.24) is 5.32 Å². The van der Waals surface area contributed by atoms with Crippen LogP contribution in [-0.2, 0) is 16.1 Å². The first-order valence-electron chi connectivity index (χ1n) is 7.90. The lowest BCUT2D eigenvalue weighted by atomic mass is 9.96. The SMILES string of the molecule is CCCC(C)(N)C(=O)NCc1ccc(N2CCCC2=O)cc1.Cl. The zero-order chi connectivity index (χ0) is 16.2. The van der Waals surface area contributed by atoms with Crippen molar-refractivity contribution in [2.45, 2.75) is 51.6 Å². The Morgan fingerprint density at radius 1 is 1.35 bits per heavy atom. The lowest BCUT2D eigenvalue weighted by Gasteiger charge is -2.23. The van der Waals surface area contributed by atoms with Crippen LogP contribution in [0, 0.1) is 0 Å². The minimum absolute atomic E-state index is 0. The average molecular weight is 340 g/mol. The third-order valence-corrected chi connectivity index (χ3v) is 4.06. The highest BCUT2D eigenvalue weighted by Crippen LogP contribution is 2.21. The number of amides is 2. The van der Waals surface area contributed by atoms with Crippen molar-refractivity contribution >= 4 is 29.9 Å². The molecule has 0 radical (unpaired) electrons. The van der Waals surface area contributed by atoms with Crippen molar-refractivity contribution in [3.63, 3.8) is 0 Å². The van der Waals surface area contributed by atoms with Crippen LogP contribution in [-0.4, -0.2) is 23.9 Å². The molecule has 2 amide bonds. The summed E-state index contributed by atoms with van der Waals surface area (Å²) < 4.78 is 0. The highest BCUT2D eigenvalue weighted by atomic mass is 35.5. The molecule has 0 bridgehead atoms. The number of halogens is 1. The first-order valence-corrected chi connectivity index (χ1v) is 7.90. The minimum atomic E-state index is -0.823. The van der Waals surface area contributed by atoms with Crippen molar-refractivity contribution in [1.29, 1.82) is 0 Å². The number of hydrogen-bond acceptors (Lipinski definition) is 3. The van der Waals surface area contributed by atoms with Gasteiger partial charge in [0.15, 0.2) is 0 Å². The summed E-state index contributed by atoms with van der Waals surface area (Å²) in [6.45, 7) is 5.01. The Bertz CT molecular complexity index is 543. The van der Waals surface area contributed by atoms with E-state index >= 15 is 0 Å². The number of anilines is 1. The molecule has 6 heteroatoms. The van der Waals surface area contributed by atoms with Crippen LogP contribution in [0.4, 0.5) is 5.69 Å². The van der Waals surface area contributed by atoms with Gasteiger partial charge in [-0.05, 0) is 37.5 Å². The van der Waals surface area contributed by atoms with E-state index in [1.807, 2.05) is 31.2 Å². The largest absolute Gasteiger partial charge is 0.350 e. The summed E-state index contributed by atoms with van der Waals surface area (Å²) in [5.74, 6) is 0.0488. The van der Waals surface area contributed by atoms with Crippen LogP contribution in [0.1, 0.15) is 45.1 Å². The molecule has 1 atom stereocenters. The van der Waals surface area contributed by atoms with Crippen molar-refractivity contribution in [2.75, 3.05) is 11.4 Å². The lowest BCUT2D eigenvalue weighted by Crippen LogP contribution is -2.51. The van der Waals surface area contributed by atoms with E-state index < -0.39 is 5.54 Å². The number of nitrogens with zero attached hydrogens (tertiary/aromatic N) is 1. The van der Waals surface area contributed by atoms with Crippen LogP contribution < -0.4 is 16.0 Å². The number of benzene rings is 1. The van der Waals surface area contributed by atoms with Gasteiger partial charge < -0.3 is 16.0 Å². The molecule has 1 aromatic carbocycles. The maximum atomic E-state index is 12.1. The van der Waals surface area contributed by atoms with Crippen molar-refractivity contribution in [3.05, 3.63) is 29.8 Å². The second-order valence-electron chi connectivity index (χ2n) is 6.17. The fraction of sp³-hybridized carbons (Fsp3) is 0.529. The van der Waals surface area contributed by atoms with Gasteiger partial charge in [0.05, 0.1) is 5.54 Å². The molecule has 1 aromatic rings. The van der Waals surface area contributed by atoms with Gasteiger partial charge in [0, 0.05) is 25.2 Å². The fourth-order valence-electron chi connectivity index (χ4n) is 2.73. The molecule has 128 valence electrons. The molecule has 0 aromatic heterocycles. The second-order valence-corrected chi connectivity index (χ2v) is 6.17. The van der Waals surface area contributed by atoms with Gasteiger partial charge in [0.2, 0.25) is 11.8 Å². The molecule has 1 fully saturated rings. The van der Waals surface area contributed by atoms with Crippen LogP contribution in [0.2, 0.25) is 0 Å². The molecule has 0 aliphatic carbocycles. The van der Waals surface area contributed by atoms with E-state index in [2.05, 4.69) is 5.32 Å². The van der Waals surface area contributed by atoms with Gasteiger partial charge in [-0.1, -0.05) is 25.5 Å². The first kappa shape index (κ1) is 19.5. The van der Waals surface area contributed by atoms with Crippen molar-refractivity contribution in [2.24, 2.45) is 5.73 Å². The standard InChI is InChI=1S/C17H25N3O2.ClH/c1-3-10-17(2,18)16(22)19-12-13-6-8-14(9-7-13)20-11-4-5-15(20)21;/h6-9H,3-5,10-12,18H2,1-2H3,(H,19,22);1H. The van der Waals surface area contributed by atoms with Crippen LogP contribution in [0.25, 0.3) is 0 Å². The molecule has 1 unspecified atom stereocenters. The number of carbonyl (C=O) groups is 2. The van der Waals surface area contributed by atoms with E-state index in [0.717, 1.165) is 30.6 Å². The van der Waals surface area contributed by atoms with Gasteiger partial charge in [-0.15, -0.1) is 12.4 Å². The maximum absolute atomic E-state index is 12.1. The molecule has 3 N–H and O–H groups in total. The zero-order valence-corrected chi connectivity index (χ0v) is 14.6. The van der Waals surface area contributed by atoms with Crippen LogP contribution in [0.15, 0.2) is 24.3 Å². The number of rotatable bonds is 6. The monoisotopic (exact) mass is 339 g/mol. The van der Waals surface area contributed by atoms with E-state index in [0.29, 0.717) is 19.4 Å². The van der Waals surface area contributed by atoms with Crippen LogP contribution in [0.3, 0.4) is 0 Å². The predicted octanol–water partition coefficient (Wildman–Crippen LogP) is 2.37. The molecule has 0 saturated carbocycles. The van der Waals surface area contributed by atoms with Gasteiger partial charge in [-0.3, -0.25) is 9.59 Å². The molecular formula is C17H26ClN3O2. The second kappa shape index (κ2) is 8.31. The predicted molar refractivity (Wildman–Crippen MR) is 94.6 cm³/mol. The zero-order valence-electron chi connectivity index (χ0n) is 13.8. The van der Waals surface area contributed by atoms with Gasteiger partial charge in [0.25, 0.3) is 0 Å². The quantitative estimate of drug-likeness (QED) is 0.835. The molecule has 5 nitrogen and oxygen atoms in total. The topological polar surface area (TPSA) is 75.4 Å². The number of nitrogens with one attached hydrogen (secondary N) is 1. The summed E-state index contributed by atoms with van der Waals surface area (Å²) in [6, 6.07) is 7.74. The van der Waals surface area contributed by atoms with Crippen LogP contribution >= 0.6 is 12.4 Å². The molecule has 23 heavy (non-hydrogen) atoms. The molecule has 1 saturated heterocycles. The summed E-state index contributed by atoms with van der Waals surface area (Å²) in [7, 11) is 0. The van der Waals surface area contributed by atoms with Gasteiger partial charge in [-0.25, -0.2) is 0 Å². The first-order chi connectivity index (χ1) is 10.4. The van der Waals surface area contributed by atoms with Crippen molar-refractivity contribution < 1.29 is 9.59 Å². The normalized spacial score (nSPS) is 16.7. The Kier molecular flexibility index (Phi) is 7.03. The molecule has 2 rings (SSSR count). The van der Waals surface area contributed by atoms with E-state index in [4.69, 9.17) is 5.73 Å². The highest BCUT2D eigenvalue weighted by molar-refractivity contribution is 5.95. The highest BCUT2D eigenvalue weighted by Gasteiger charge is 2.26. The number of hydrogen-bond donors (Lipinski definition) is 2. The minimum Gasteiger partial charge on any atom is -0.350 e. The molecule has 0 spiro atoms. The van der Waals surface area contributed by atoms with Gasteiger partial charge >= 0.3 is 0 Å². The van der Waals surface area contributed by atoms with E-state index in [1.54, 1.807) is 11.8 Å². The summed E-state index contributed by atoms with van der Waals surface area (Å²) in [5.41, 5.74) is 7.10. The Hall–Kier alpha value is -1.59. The summed E-state index contributed by atoms with van der Waals surface area (Å²) in [4.78, 5) is 25.6. The molecule has 1 aliphatic rings. The smallest absolute Gasteiger partial charge is 0.240 e. The Morgan fingerprint density at radius 2 is 2.00 bits per heavy atom. The van der Waals surface area contributed by atoms with E-state index in [-0.39, 0.29) is 24.2 Å². The van der Waals surface area contributed by atoms with Gasteiger partial charge in [0.1, 0.15) is 0 Å². The molecule has 1 heterocycles. The number of carbonyl (C=O) groups excluding carboxylic acids is 2. The van der Waals surface area contributed by atoms with E-state index in [1.165, 1.54) is 0 Å². The summed E-state index contributed by atoms with van der Waals surface area (Å²) >= 11 is 0. The van der Waals surface area contributed by atoms with Crippen molar-refractivity contribution in [3.8, 4) is 0 Å². The fourth-order valence-corrected chi connectivity index (χ4v) is 2.73. The van der Waals surface area contributed by atoms with E-state index in [9.17, 15) is 9.59 Å².